The fourth-order valence-corrected chi connectivity index (χ4v) is 2.45. The Hall–Kier alpha value is -3.15. The average molecular weight is 336 g/mol. The quantitative estimate of drug-likeness (QED) is 0.751. The molecule has 1 N–H and O–H groups in total. The molecule has 0 aliphatic heterocycles. The van der Waals surface area contributed by atoms with E-state index in [0.29, 0.717) is 12.3 Å². The Morgan fingerprint density at radius 1 is 1.20 bits per heavy atom. The molecule has 3 aromatic rings. The molecule has 0 aliphatic carbocycles. The number of ether oxygens (including phenoxy) is 1. The van der Waals surface area contributed by atoms with Crippen LogP contribution in [0, 0.1) is 0 Å². The second-order valence-corrected chi connectivity index (χ2v) is 5.65. The fraction of sp³-hybridized carbons (Fsp3) is 0.211. The number of hydrogen-bond acceptors (Lipinski definition) is 4. The van der Waals surface area contributed by atoms with Crippen LogP contribution < -0.4 is 10.1 Å². The van der Waals surface area contributed by atoms with E-state index in [2.05, 4.69) is 15.4 Å². The highest BCUT2D eigenvalue weighted by molar-refractivity contribution is 5.80. The zero-order valence-corrected chi connectivity index (χ0v) is 14.2. The van der Waals surface area contributed by atoms with E-state index in [1.54, 1.807) is 17.8 Å². The molecule has 0 spiro atoms. The van der Waals surface area contributed by atoms with Gasteiger partial charge >= 0.3 is 0 Å². The lowest BCUT2D eigenvalue weighted by molar-refractivity contribution is -0.127. The van der Waals surface area contributed by atoms with Crippen molar-refractivity contribution in [1.82, 2.24) is 20.1 Å². The molecule has 0 unspecified atom stereocenters. The minimum atomic E-state index is -0.582. The number of carbonyl (C=O) groups excluding carboxylic acids is 1. The Labute approximate surface area is 146 Å². The van der Waals surface area contributed by atoms with E-state index in [1.807, 2.05) is 61.6 Å². The fourth-order valence-electron chi connectivity index (χ4n) is 2.45. The van der Waals surface area contributed by atoms with Crippen molar-refractivity contribution < 1.29 is 9.53 Å². The number of pyridine rings is 1. The summed E-state index contributed by atoms with van der Waals surface area (Å²) in [6.45, 7) is 2.06. The van der Waals surface area contributed by atoms with Crippen molar-refractivity contribution >= 4 is 5.91 Å². The van der Waals surface area contributed by atoms with Crippen LogP contribution in [0.3, 0.4) is 0 Å². The van der Waals surface area contributed by atoms with E-state index >= 15 is 0 Å². The molecule has 0 radical (unpaired) electrons. The predicted molar refractivity (Wildman–Crippen MR) is 94.8 cm³/mol. The summed E-state index contributed by atoms with van der Waals surface area (Å²) in [5.74, 6) is 0.481. The summed E-state index contributed by atoms with van der Waals surface area (Å²) < 4.78 is 7.37. The van der Waals surface area contributed by atoms with Crippen molar-refractivity contribution in [2.75, 3.05) is 0 Å². The minimum Gasteiger partial charge on any atom is -0.481 e. The Balaban J connectivity index is 1.59. The van der Waals surface area contributed by atoms with Gasteiger partial charge in [-0.15, -0.1) is 0 Å². The van der Waals surface area contributed by atoms with Gasteiger partial charge in [0.1, 0.15) is 5.75 Å². The van der Waals surface area contributed by atoms with E-state index in [4.69, 9.17) is 4.74 Å². The first-order valence-electron chi connectivity index (χ1n) is 8.07. The molecule has 0 saturated heterocycles. The summed E-state index contributed by atoms with van der Waals surface area (Å²) in [5.41, 5.74) is 2.51. The van der Waals surface area contributed by atoms with Crippen LogP contribution in [0.1, 0.15) is 12.6 Å². The van der Waals surface area contributed by atoms with Crippen LogP contribution in [-0.4, -0.2) is 26.8 Å². The van der Waals surface area contributed by atoms with E-state index in [-0.39, 0.29) is 5.91 Å². The third-order valence-electron chi connectivity index (χ3n) is 3.73. The highest BCUT2D eigenvalue weighted by atomic mass is 16.5. The first-order valence-corrected chi connectivity index (χ1v) is 8.07. The summed E-state index contributed by atoms with van der Waals surface area (Å²) in [7, 11) is 1.86. The number of nitrogens with one attached hydrogen (secondary N) is 1. The van der Waals surface area contributed by atoms with Crippen molar-refractivity contribution in [3.8, 4) is 17.1 Å². The van der Waals surface area contributed by atoms with Crippen molar-refractivity contribution in [3.63, 3.8) is 0 Å². The molecule has 1 aromatic carbocycles. The molecule has 0 saturated carbocycles. The summed E-state index contributed by atoms with van der Waals surface area (Å²) in [6, 6.07) is 16.9. The largest absolute Gasteiger partial charge is 0.481 e. The van der Waals surface area contributed by atoms with Gasteiger partial charge < -0.3 is 10.1 Å². The van der Waals surface area contributed by atoms with Gasteiger partial charge in [0.05, 0.1) is 23.6 Å². The molecule has 0 bridgehead atoms. The third-order valence-corrected chi connectivity index (χ3v) is 3.73. The van der Waals surface area contributed by atoms with Crippen LogP contribution in [0.25, 0.3) is 11.4 Å². The van der Waals surface area contributed by atoms with Gasteiger partial charge in [-0.1, -0.05) is 24.3 Å². The molecule has 3 rings (SSSR count). The van der Waals surface area contributed by atoms with Crippen LogP contribution in [0.4, 0.5) is 0 Å². The summed E-state index contributed by atoms with van der Waals surface area (Å²) in [6.07, 6.45) is 1.16. The van der Waals surface area contributed by atoms with Crippen LogP contribution in [0.5, 0.6) is 5.75 Å². The van der Waals surface area contributed by atoms with Crippen LogP contribution in [-0.2, 0) is 18.4 Å². The van der Waals surface area contributed by atoms with Gasteiger partial charge in [-0.25, -0.2) is 0 Å². The van der Waals surface area contributed by atoms with Gasteiger partial charge in [0.25, 0.3) is 5.91 Å². The third kappa shape index (κ3) is 4.23. The maximum atomic E-state index is 12.2. The molecule has 0 fully saturated rings. The molecule has 0 aliphatic rings. The Morgan fingerprint density at radius 2 is 1.96 bits per heavy atom. The SMILES string of the molecule is C[C@@H](Oc1ccccc1)C(=O)NCc1cc(-c2ccccn2)n(C)n1. The Bertz CT molecular complexity index is 831. The molecular formula is C19H20N4O2. The molecule has 6 nitrogen and oxygen atoms in total. The van der Waals surface area contributed by atoms with Gasteiger partial charge in [0.15, 0.2) is 6.10 Å². The Kier molecular flexibility index (Phi) is 5.09. The first-order chi connectivity index (χ1) is 12.1. The zero-order valence-electron chi connectivity index (χ0n) is 14.2. The number of hydrogen-bond donors (Lipinski definition) is 1. The normalized spacial score (nSPS) is 11.8. The van der Waals surface area contributed by atoms with Crippen LogP contribution in [0.2, 0.25) is 0 Å². The van der Waals surface area contributed by atoms with Crippen molar-refractivity contribution in [2.45, 2.75) is 19.6 Å². The maximum Gasteiger partial charge on any atom is 0.261 e. The highest BCUT2D eigenvalue weighted by Gasteiger charge is 2.15. The van der Waals surface area contributed by atoms with Crippen LogP contribution >= 0.6 is 0 Å². The number of rotatable bonds is 6. The highest BCUT2D eigenvalue weighted by Crippen LogP contribution is 2.17. The summed E-state index contributed by atoms with van der Waals surface area (Å²) in [4.78, 5) is 16.5. The second-order valence-electron chi connectivity index (χ2n) is 5.65. The molecule has 2 heterocycles. The maximum absolute atomic E-state index is 12.2. The predicted octanol–water partition coefficient (Wildman–Crippen LogP) is 2.57. The van der Waals surface area contributed by atoms with Crippen LogP contribution in [0.15, 0.2) is 60.8 Å². The minimum absolute atomic E-state index is 0.186. The van der Waals surface area contributed by atoms with Gasteiger partial charge in [0, 0.05) is 13.2 Å². The number of benzene rings is 1. The zero-order chi connectivity index (χ0) is 17.6. The number of nitrogens with zero attached hydrogens (tertiary/aromatic N) is 3. The average Bonchev–Trinajstić information content (AvgIpc) is 3.02. The summed E-state index contributed by atoms with van der Waals surface area (Å²) >= 11 is 0. The van der Waals surface area contributed by atoms with Gasteiger partial charge in [0.2, 0.25) is 0 Å². The van der Waals surface area contributed by atoms with E-state index < -0.39 is 6.10 Å². The smallest absolute Gasteiger partial charge is 0.261 e. The van der Waals surface area contributed by atoms with Crippen molar-refractivity contribution in [2.24, 2.45) is 7.05 Å². The molecule has 1 atom stereocenters. The lowest BCUT2D eigenvalue weighted by Crippen LogP contribution is -2.36. The van der Waals surface area contributed by atoms with Gasteiger partial charge in [-0.05, 0) is 37.3 Å². The molecule has 128 valence electrons. The monoisotopic (exact) mass is 336 g/mol. The molecule has 2 aromatic heterocycles. The first kappa shape index (κ1) is 16.7. The lowest BCUT2D eigenvalue weighted by atomic mass is 10.2. The van der Waals surface area contributed by atoms with E-state index in [9.17, 15) is 4.79 Å². The van der Waals surface area contributed by atoms with Gasteiger partial charge in [-0.2, -0.15) is 5.10 Å². The molecule has 1 amide bonds. The second kappa shape index (κ2) is 7.61. The number of carbonyl (C=O) groups is 1. The number of para-hydroxylation sites is 1. The number of amides is 1. The lowest BCUT2D eigenvalue weighted by Gasteiger charge is -2.14. The van der Waals surface area contributed by atoms with Crippen molar-refractivity contribution in [1.29, 1.82) is 0 Å². The molecule has 25 heavy (non-hydrogen) atoms. The van der Waals surface area contributed by atoms with E-state index in [1.165, 1.54) is 0 Å². The Morgan fingerprint density at radius 3 is 2.68 bits per heavy atom. The number of aryl methyl sites for hydroxylation is 1. The molecule has 6 heteroatoms. The summed E-state index contributed by atoms with van der Waals surface area (Å²) in [5, 5.41) is 7.27. The van der Waals surface area contributed by atoms with Crippen molar-refractivity contribution in [3.05, 3.63) is 66.5 Å². The van der Waals surface area contributed by atoms with Gasteiger partial charge in [-0.3, -0.25) is 14.5 Å². The topological polar surface area (TPSA) is 69.0 Å². The standard InChI is InChI=1S/C19H20N4O2/c1-14(25-16-8-4-3-5-9-16)19(24)21-13-15-12-18(23(2)22-15)17-10-6-7-11-20-17/h3-12,14H,13H2,1-2H3,(H,21,24)/t14-/m1/s1. The van der Waals surface area contributed by atoms with E-state index in [0.717, 1.165) is 17.1 Å². The molecular weight excluding hydrogens is 316 g/mol. The number of aromatic nitrogens is 3.